The van der Waals surface area contributed by atoms with E-state index in [1.807, 2.05) is 4.90 Å². The van der Waals surface area contributed by atoms with Crippen LogP contribution < -0.4 is 10.9 Å². The van der Waals surface area contributed by atoms with Gasteiger partial charge in [-0.15, -0.1) is 0 Å². The van der Waals surface area contributed by atoms with Crippen molar-refractivity contribution in [2.45, 2.75) is 45.1 Å². The number of carbonyl (C=O) groups is 2. The van der Waals surface area contributed by atoms with Gasteiger partial charge in [0.25, 0.3) is 11.5 Å². The Hall–Kier alpha value is -2.96. The molecule has 30 heavy (non-hydrogen) atoms. The molecule has 7 heteroatoms. The minimum absolute atomic E-state index is 0.0710. The summed E-state index contributed by atoms with van der Waals surface area (Å²) < 4.78 is 14.7. The smallest absolute Gasteiger partial charge is 0.268 e. The molecule has 0 atom stereocenters. The first-order valence-corrected chi connectivity index (χ1v) is 10.5. The molecular formula is C23H26FN3O3. The molecule has 0 unspecified atom stereocenters. The van der Waals surface area contributed by atoms with E-state index in [4.69, 9.17) is 0 Å². The number of fused-ring (bicyclic) bond motifs is 1. The van der Waals surface area contributed by atoms with E-state index in [1.54, 1.807) is 6.20 Å². The molecular weight excluding hydrogens is 385 g/mol. The first kappa shape index (κ1) is 20.3. The summed E-state index contributed by atoms with van der Waals surface area (Å²) in [7, 11) is 1.49. The molecule has 0 saturated heterocycles. The van der Waals surface area contributed by atoms with Crippen molar-refractivity contribution in [2.24, 2.45) is 5.92 Å². The van der Waals surface area contributed by atoms with Crippen molar-refractivity contribution in [3.05, 3.63) is 63.3 Å². The van der Waals surface area contributed by atoms with E-state index < -0.39 is 17.3 Å². The van der Waals surface area contributed by atoms with E-state index >= 15 is 0 Å². The molecule has 0 spiro atoms. The Kier molecular flexibility index (Phi) is 5.70. The second-order valence-electron chi connectivity index (χ2n) is 8.08. The number of nitrogens with one attached hydrogen (secondary N) is 1. The summed E-state index contributed by atoms with van der Waals surface area (Å²) in [6, 6.07) is 5.56. The van der Waals surface area contributed by atoms with Crippen molar-refractivity contribution in [3.8, 4) is 5.69 Å². The Bertz CT molecular complexity index is 1020. The van der Waals surface area contributed by atoms with E-state index in [0.29, 0.717) is 30.8 Å². The van der Waals surface area contributed by atoms with Crippen LogP contribution >= 0.6 is 0 Å². The zero-order valence-corrected chi connectivity index (χ0v) is 17.1. The third-order valence-corrected chi connectivity index (χ3v) is 6.22. The van der Waals surface area contributed by atoms with Crippen molar-refractivity contribution in [3.63, 3.8) is 0 Å². The van der Waals surface area contributed by atoms with Gasteiger partial charge >= 0.3 is 0 Å². The zero-order valence-electron chi connectivity index (χ0n) is 17.1. The number of pyridine rings is 1. The van der Waals surface area contributed by atoms with Gasteiger partial charge in [-0.3, -0.25) is 19.0 Å². The van der Waals surface area contributed by atoms with Crippen LogP contribution in [0.15, 0.2) is 35.3 Å². The van der Waals surface area contributed by atoms with Crippen LogP contribution in [0.4, 0.5) is 4.39 Å². The Balaban J connectivity index is 1.74. The summed E-state index contributed by atoms with van der Waals surface area (Å²) in [5.74, 6) is -0.608. The number of hydrogen-bond acceptors (Lipinski definition) is 3. The quantitative estimate of drug-likeness (QED) is 0.844. The van der Waals surface area contributed by atoms with Gasteiger partial charge < -0.3 is 10.2 Å². The third kappa shape index (κ3) is 3.76. The number of amides is 2. The average Bonchev–Trinajstić information content (AvgIpc) is 2.78. The van der Waals surface area contributed by atoms with Crippen LogP contribution in [0.3, 0.4) is 0 Å². The van der Waals surface area contributed by atoms with E-state index in [2.05, 4.69) is 5.32 Å². The summed E-state index contributed by atoms with van der Waals surface area (Å²) in [6.45, 7) is 0.877. The van der Waals surface area contributed by atoms with Crippen LogP contribution in [0.5, 0.6) is 0 Å². The Morgan fingerprint density at radius 3 is 2.47 bits per heavy atom. The van der Waals surface area contributed by atoms with Crippen LogP contribution in [-0.2, 0) is 17.8 Å². The number of benzene rings is 1. The molecule has 158 valence electrons. The van der Waals surface area contributed by atoms with Gasteiger partial charge in [-0.25, -0.2) is 4.39 Å². The lowest BCUT2D eigenvalue weighted by Crippen LogP contribution is -2.43. The monoisotopic (exact) mass is 411 g/mol. The van der Waals surface area contributed by atoms with Crippen molar-refractivity contribution in [1.82, 2.24) is 14.8 Å². The summed E-state index contributed by atoms with van der Waals surface area (Å²) in [6.07, 6.45) is 7.39. The number of rotatable bonds is 3. The van der Waals surface area contributed by atoms with E-state index in [9.17, 15) is 18.8 Å². The van der Waals surface area contributed by atoms with Gasteiger partial charge in [-0.2, -0.15) is 0 Å². The fourth-order valence-corrected chi connectivity index (χ4v) is 4.60. The molecule has 2 aliphatic rings. The van der Waals surface area contributed by atoms with Crippen molar-refractivity contribution < 1.29 is 14.0 Å². The summed E-state index contributed by atoms with van der Waals surface area (Å²) in [4.78, 5) is 40.5. The highest BCUT2D eigenvalue weighted by atomic mass is 19.1. The predicted molar refractivity (Wildman–Crippen MR) is 111 cm³/mol. The molecule has 2 aromatic rings. The minimum Gasteiger partial charge on any atom is -0.355 e. The van der Waals surface area contributed by atoms with Gasteiger partial charge in [0.2, 0.25) is 5.91 Å². The number of carbonyl (C=O) groups excluding carboxylic acids is 2. The molecule has 6 nitrogen and oxygen atoms in total. The predicted octanol–water partition coefficient (Wildman–Crippen LogP) is 2.80. The van der Waals surface area contributed by atoms with Crippen molar-refractivity contribution >= 4 is 11.8 Å². The molecule has 4 rings (SSSR count). The molecule has 1 aliphatic carbocycles. The van der Waals surface area contributed by atoms with Crippen molar-refractivity contribution in [1.29, 1.82) is 0 Å². The Labute approximate surface area is 174 Å². The largest absolute Gasteiger partial charge is 0.355 e. The summed E-state index contributed by atoms with van der Waals surface area (Å²) >= 11 is 0. The molecule has 1 aromatic carbocycles. The molecule has 1 fully saturated rings. The van der Waals surface area contributed by atoms with Crippen LogP contribution in [0.1, 0.15) is 53.6 Å². The van der Waals surface area contributed by atoms with E-state index in [1.165, 1.54) is 42.3 Å². The maximum atomic E-state index is 13.4. The molecule has 1 saturated carbocycles. The fraction of sp³-hybridized carbons (Fsp3) is 0.435. The number of aromatic nitrogens is 1. The molecule has 1 aromatic heterocycles. The average molecular weight is 411 g/mol. The highest BCUT2D eigenvalue weighted by Gasteiger charge is 2.31. The number of hydrogen-bond donors (Lipinski definition) is 1. The molecule has 0 bridgehead atoms. The maximum Gasteiger partial charge on any atom is 0.268 e. The lowest BCUT2D eigenvalue weighted by Gasteiger charge is -2.34. The van der Waals surface area contributed by atoms with Crippen LogP contribution in [0.2, 0.25) is 0 Å². The third-order valence-electron chi connectivity index (χ3n) is 6.22. The first-order valence-electron chi connectivity index (χ1n) is 10.5. The fourth-order valence-electron chi connectivity index (χ4n) is 4.60. The van der Waals surface area contributed by atoms with Crippen LogP contribution in [0, 0.1) is 11.7 Å². The highest BCUT2D eigenvalue weighted by Crippen LogP contribution is 2.29. The van der Waals surface area contributed by atoms with Gasteiger partial charge in [0, 0.05) is 37.9 Å². The molecule has 1 aliphatic heterocycles. The lowest BCUT2D eigenvalue weighted by atomic mass is 9.87. The van der Waals surface area contributed by atoms with Gasteiger partial charge in [0.1, 0.15) is 11.4 Å². The van der Waals surface area contributed by atoms with Gasteiger partial charge in [0.15, 0.2) is 0 Å². The van der Waals surface area contributed by atoms with E-state index in [0.717, 1.165) is 31.2 Å². The van der Waals surface area contributed by atoms with E-state index in [-0.39, 0.29) is 17.4 Å². The topological polar surface area (TPSA) is 71.4 Å². The maximum absolute atomic E-state index is 13.4. The minimum atomic E-state index is -0.445. The van der Waals surface area contributed by atoms with Crippen molar-refractivity contribution in [2.75, 3.05) is 13.6 Å². The lowest BCUT2D eigenvalue weighted by molar-refractivity contribution is -0.137. The Morgan fingerprint density at radius 2 is 1.80 bits per heavy atom. The molecule has 2 heterocycles. The summed E-state index contributed by atoms with van der Waals surface area (Å²) in [5, 5.41) is 2.55. The molecule has 2 amide bonds. The zero-order chi connectivity index (χ0) is 21.3. The molecule has 0 radical (unpaired) electrons. The second kappa shape index (κ2) is 8.42. The SMILES string of the molecule is CNC(=O)c1c2c(cn(-c3ccc(F)cc3)c1=O)CN(C(=O)C1CCCCC1)CC2. The standard InChI is InChI=1S/C23H26FN3O3/c1-25-21(28)20-19-11-12-26(22(29)15-5-3-2-4-6-15)13-16(19)14-27(23(20)30)18-9-7-17(24)8-10-18/h7-10,14-15H,2-6,11-13H2,1H3,(H,25,28). The van der Waals surface area contributed by atoms with Gasteiger partial charge in [0.05, 0.1) is 0 Å². The Morgan fingerprint density at radius 1 is 1.10 bits per heavy atom. The normalized spacial score (nSPS) is 16.8. The highest BCUT2D eigenvalue weighted by molar-refractivity contribution is 5.95. The van der Waals surface area contributed by atoms with Gasteiger partial charge in [-0.1, -0.05) is 19.3 Å². The molecule has 1 N–H and O–H groups in total. The first-order chi connectivity index (χ1) is 14.5. The van der Waals surface area contributed by atoms with Gasteiger partial charge in [-0.05, 0) is 54.7 Å². The van der Waals surface area contributed by atoms with Crippen LogP contribution in [-0.4, -0.2) is 34.9 Å². The number of halogens is 1. The second-order valence-corrected chi connectivity index (χ2v) is 8.08. The summed E-state index contributed by atoms with van der Waals surface area (Å²) in [5.41, 5.74) is 1.62. The number of nitrogens with zero attached hydrogens (tertiary/aromatic N) is 2. The van der Waals surface area contributed by atoms with Crippen LogP contribution in [0.25, 0.3) is 5.69 Å².